The number of nitrogens with zero attached hydrogens (tertiary/aromatic N) is 1. The van der Waals surface area contributed by atoms with E-state index in [-0.39, 0.29) is 23.8 Å². The molecule has 3 atom stereocenters. The second-order valence-electron chi connectivity index (χ2n) is 6.61. The van der Waals surface area contributed by atoms with Gasteiger partial charge in [0.2, 0.25) is 0 Å². The van der Waals surface area contributed by atoms with Crippen LogP contribution in [0.25, 0.3) is 0 Å². The van der Waals surface area contributed by atoms with Crippen molar-refractivity contribution in [3.05, 3.63) is 59.9 Å². The third-order valence-electron chi connectivity index (χ3n) is 5.32. The van der Waals surface area contributed by atoms with Gasteiger partial charge in [-0.3, -0.25) is 4.79 Å². The van der Waals surface area contributed by atoms with Gasteiger partial charge in [0.15, 0.2) is 0 Å². The van der Waals surface area contributed by atoms with Crippen LogP contribution in [-0.4, -0.2) is 18.9 Å². The van der Waals surface area contributed by atoms with E-state index in [0.717, 1.165) is 29.8 Å². The van der Waals surface area contributed by atoms with Gasteiger partial charge in [0.05, 0.1) is 13.2 Å². The standard InChI is InChI=1S/C20H20FNO2/c1-24-17-9-6-15(7-10-17)22-16-8-11-18(19(23)12-16)20(22)13-2-4-14(21)5-3-13/h2-7,9-10,16,18,20H,8,11-12H2,1H3/t16-,18+,20-/m0/s1. The number of carbonyl (C=O) groups is 1. The number of hydrogen-bond acceptors (Lipinski definition) is 3. The van der Waals surface area contributed by atoms with E-state index in [4.69, 9.17) is 4.74 Å². The van der Waals surface area contributed by atoms with E-state index < -0.39 is 0 Å². The number of halogens is 1. The molecule has 0 aromatic heterocycles. The fourth-order valence-corrected chi connectivity index (χ4v) is 4.19. The lowest BCUT2D eigenvalue weighted by molar-refractivity contribution is -0.128. The van der Waals surface area contributed by atoms with Crippen LogP contribution < -0.4 is 9.64 Å². The van der Waals surface area contributed by atoms with Crippen molar-refractivity contribution in [2.24, 2.45) is 5.92 Å². The first-order chi connectivity index (χ1) is 11.7. The maximum atomic E-state index is 13.3. The molecule has 3 nitrogen and oxygen atoms in total. The van der Waals surface area contributed by atoms with E-state index in [0.29, 0.717) is 12.2 Å². The quantitative estimate of drug-likeness (QED) is 0.850. The van der Waals surface area contributed by atoms with E-state index in [1.807, 2.05) is 36.4 Å². The first-order valence-electron chi connectivity index (χ1n) is 8.38. The highest BCUT2D eigenvalue weighted by Gasteiger charge is 2.47. The van der Waals surface area contributed by atoms with Gasteiger partial charge in [-0.05, 0) is 54.8 Å². The van der Waals surface area contributed by atoms with E-state index in [1.54, 1.807) is 7.11 Å². The number of methoxy groups -OCH3 is 1. The molecule has 2 bridgehead atoms. The summed E-state index contributed by atoms with van der Waals surface area (Å²) in [7, 11) is 1.65. The Bertz CT molecular complexity index is 741. The minimum absolute atomic E-state index is 0.0115. The fourth-order valence-electron chi connectivity index (χ4n) is 4.19. The summed E-state index contributed by atoms with van der Waals surface area (Å²) in [5.74, 6) is 0.894. The highest BCUT2D eigenvalue weighted by Crippen LogP contribution is 2.48. The lowest BCUT2D eigenvalue weighted by Gasteiger charge is -2.52. The first-order valence-corrected chi connectivity index (χ1v) is 8.38. The molecule has 3 aliphatic rings. The molecule has 0 unspecified atom stereocenters. The van der Waals surface area contributed by atoms with Crippen LogP contribution in [0.5, 0.6) is 5.75 Å². The predicted molar refractivity (Wildman–Crippen MR) is 90.8 cm³/mol. The fraction of sp³-hybridized carbons (Fsp3) is 0.350. The number of piperidine rings is 2. The molecule has 0 radical (unpaired) electrons. The molecule has 2 aliphatic heterocycles. The Balaban J connectivity index is 1.76. The van der Waals surface area contributed by atoms with Crippen LogP contribution in [0.3, 0.4) is 0 Å². The molecule has 4 heteroatoms. The molecule has 0 amide bonds. The summed E-state index contributed by atoms with van der Waals surface area (Å²) in [6, 6.07) is 14.8. The Kier molecular flexibility index (Phi) is 3.75. The summed E-state index contributed by atoms with van der Waals surface area (Å²) in [4.78, 5) is 14.8. The molecule has 1 saturated carbocycles. The Hall–Kier alpha value is -2.36. The second-order valence-corrected chi connectivity index (χ2v) is 6.61. The lowest BCUT2D eigenvalue weighted by atomic mass is 9.71. The largest absolute Gasteiger partial charge is 0.497 e. The van der Waals surface area contributed by atoms with Crippen LogP contribution in [0.15, 0.2) is 48.5 Å². The SMILES string of the molecule is COc1ccc(N2[C@H]3CC[C@H](C(=O)C3)[C@@H]2c2ccc(F)cc2)cc1. The van der Waals surface area contributed by atoms with Crippen LogP contribution in [0.4, 0.5) is 10.1 Å². The Morgan fingerprint density at radius 1 is 1.04 bits per heavy atom. The number of carbonyl (C=O) groups excluding carboxylic acids is 1. The van der Waals surface area contributed by atoms with Gasteiger partial charge in [-0.25, -0.2) is 4.39 Å². The first kappa shape index (κ1) is 15.2. The van der Waals surface area contributed by atoms with Gasteiger partial charge in [0.1, 0.15) is 17.3 Å². The van der Waals surface area contributed by atoms with Gasteiger partial charge in [-0.2, -0.15) is 0 Å². The van der Waals surface area contributed by atoms with Crippen LogP contribution in [0, 0.1) is 11.7 Å². The Morgan fingerprint density at radius 3 is 2.38 bits per heavy atom. The van der Waals surface area contributed by atoms with Crippen LogP contribution in [-0.2, 0) is 4.79 Å². The highest BCUT2D eigenvalue weighted by atomic mass is 19.1. The second kappa shape index (κ2) is 5.93. The van der Waals surface area contributed by atoms with Crippen molar-refractivity contribution >= 4 is 11.5 Å². The van der Waals surface area contributed by atoms with Crippen molar-refractivity contribution in [3.63, 3.8) is 0 Å². The van der Waals surface area contributed by atoms with Crippen molar-refractivity contribution in [1.82, 2.24) is 0 Å². The summed E-state index contributed by atoms with van der Waals surface area (Å²) in [6.07, 6.45) is 2.55. The highest BCUT2D eigenvalue weighted by molar-refractivity contribution is 5.86. The summed E-state index contributed by atoms with van der Waals surface area (Å²) < 4.78 is 18.6. The summed E-state index contributed by atoms with van der Waals surface area (Å²) >= 11 is 0. The van der Waals surface area contributed by atoms with Gasteiger partial charge in [0.25, 0.3) is 0 Å². The molecule has 2 aromatic rings. The topological polar surface area (TPSA) is 29.5 Å². The van der Waals surface area contributed by atoms with E-state index in [1.165, 1.54) is 12.1 Å². The number of rotatable bonds is 3. The average Bonchev–Trinajstić information content (AvgIpc) is 2.62. The zero-order valence-corrected chi connectivity index (χ0v) is 13.6. The van der Waals surface area contributed by atoms with E-state index >= 15 is 0 Å². The van der Waals surface area contributed by atoms with Crippen molar-refractivity contribution < 1.29 is 13.9 Å². The van der Waals surface area contributed by atoms with Crippen molar-refractivity contribution in [1.29, 1.82) is 0 Å². The monoisotopic (exact) mass is 325 g/mol. The van der Waals surface area contributed by atoms with E-state index in [2.05, 4.69) is 4.90 Å². The zero-order valence-electron chi connectivity index (χ0n) is 13.6. The number of Topliss-reactive ketones (excluding diaryl/α,β-unsaturated/α-hetero) is 1. The normalized spacial score (nSPS) is 25.8. The summed E-state index contributed by atoms with van der Waals surface area (Å²) in [5.41, 5.74) is 2.10. The molecule has 3 fully saturated rings. The molecule has 124 valence electrons. The molecule has 0 spiro atoms. The Morgan fingerprint density at radius 2 is 1.75 bits per heavy atom. The Labute approximate surface area is 141 Å². The molecule has 2 heterocycles. The number of fused-ring (bicyclic) bond motifs is 3. The van der Waals surface area contributed by atoms with Crippen LogP contribution in [0.2, 0.25) is 0 Å². The maximum Gasteiger partial charge on any atom is 0.140 e. The molecule has 2 aromatic carbocycles. The number of anilines is 1. The molecule has 1 aliphatic carbocycles. The van der Waals surface area contributed by atoms with Crippen LogP contribution >= 0.6 is 0 Å². The number of hydrogen-bond donors (Lipinski definition) is 0. The number of benzene rings is 2. The van der Waals surface area contributed by atoms with Crippen LogP contribution in [0.1, 0.15) is 30.9 Å². The molecular formula is C20H20FNO2. The third kappa shape index (κ3) is 2.46. The van der Waals surface area contributed by atoms with Crippen molar-refractivity contribution in [2.75, 3.05) is 12.0 Å². The van der Waals surface area contributed by atoms with Crippen molar-refractivity contribution in [2.45, 2.75) is 31.3 Å². The molecule has 24 heavy (non-hydrogen) atoms. The summed E-state index contributed by atoms with van der Waals surface area (Å²) in [5, 5.41) is 0. The molecule has 2 saturated heterocycles. The number of ketones is 1. The van der Waals surface area contributed by atoms with Gasteiger partial charge in [0, 0.05) is 24.1 Å². The average molecular weight is 325 g/mol. The lowest BCUT2D eigenvalue weighted by Crippen LogP contribution is -2.54. The van der Waals surface area contributed by atoms with Gasteiger partial charge in [-0.15, -0.1) is 0 Å². The third-order valence-corrected chi connectivity index (χ3v) is 5.32. The van der Waals surface area contributed by atoms with E-state index in [9.17, 15) is 9.18 Å². The van der Waals surface area contributed by atoms with Gasteiger partial charge >= 0.3 is 0 Å². The summed E-state index contributed by atoms with van der Waals surface area (Å²) in [6.45, 7) is 0. The smallest absolute Gasteiger partial charge is 0.140 e. The minimum atomic E-state index is -0.248. The molecule has 0 N–H and O–H groups in total. The van der Waals surface area contributed by atoms with Gasteiger partial charge in [-0.1, -0.05) is 12.1 Å². The minimum Gasteiger partial charge on any atom is -0.497 e. The predicted octanol–water partition coefficient (Wildman–Crippen LogP) is 4.13. The number of ether oxygens (including phenoxy) is 1. The molecule has 5 rings (SSSR count). The zero-order chi connectivity index (χ0) is 16.7. The maximum absolute atomic E-state index is 13.3. The van der Waals surface area contributed by atoms with Crippen molar-refractivity contribution in [3.8, 4) is 5.75 Å². The van der Waals surface area contributed by atoms with Gasteiger partial charge < -0.3 is 9.64 Å². The molecular weight excluding hydrogens is 305 g/mol.